The third kappa shape index (κ3) is 1.36. The van der Waals surface area contributed by atoms with E-state index in [4.69, 9.17) is 10.5 Å². The first-order valence-electron chi connectivity index (χ1n) is 4.02. The molecule has 0 spiro atoms. The van der Waals surface area contributed by atoms with Gasteiger partial charge < -0.3 is 10.5 Å². The number of hydrogen-bond donors (Lipinski definition) is 1. The van der Waals surface area contributed by atoms with E-state index < -0.39 is 0 Å². The number of aromatic nitrogens is 3. The maximum atomic E-state index is 5.53. The molecule has 0 aliphatic heterocycles. The number of rotatable bonds is 2. The minimum Gasteiger partial charge on any atom is -0.480 e. The molecule has 6 heteroatoms. The lowest BCUT2D eigenvalue weighted by molar-refractivity contribution is 0.395. The minimum atomic E-state index is 0.393. The van der Waals surface area contributed by atoms with E-state index in [0.29, 0.717) is 12.4 Å². The molecule has 2 rings (SSSR count). The number of ether oxygens (including phenoxy) is 1. The summed E-state index contributed by atoms with van der Waals surface area (Å²) in [6.45, 7) is 0.393. The fourth-order valence-electron chi connectivity index (χ4n) is 1.19. The summed E-state index contributed by atoms with van der Waals surface area (Å²) in [4.78, 5) is 8.33. The van der Waals surface area contributed by atoms with Crippen molar-refractivity contribution in [3.8, 4) is 5.88 Å². The summed E-state index contributed by atoms with van der Waals surface area (Å²) in [6, 6.07) is 0. The Kier molecular flexibility index (Phi) is 2.39. The van der Waals surface area contributed by atoms with Crippen LogP contribution in [0.4, 0.5) is 0 Å². The first-order chi connectivity index (χ1) is 6.76. The summed E-state index contributed by atoms with van der Waals surface area (Å²) in [5.74, 6) is 0.541. The SMILES string of the molecule is COc1cn2c(Br)c(CN)nc2cn1. The highest BCUT2D eigenvalue weighted by molar-refractivity contribution is 9.10. The van der Waals surface area contributed by atoms with Crippen LogP contribution in [-0.4, -0.2) is 21.5 Å². The topological polar surface area (TPSA) is 65.4 Å². The van der Waals surface area contributed by atoms with Gasteiger partial charge >= 0.3 is 0 Å². The van der Waals surface area contributed by atoms with Crippen LogP contribution in [-0.2, 0) is 6.54 Å². The smallest absolute Gasteiger partial charge is 0.230 e. The molecular formula is C8H9BrN4O. The third-order valence-corrected chi connectivity index (χ3v) is 2.74. The monoisotopic (exact) mass is 256 g/mol. The molecule has 0 atom stereocenters. The third-order valence-electron chi connectivity index (χ3n) is 1.90. The number of fused-ring (bicyclic) bond motifs is 1. The standard InChI is InChI=1S/C8H9BrN4O/c1-14-7-4-13-6(3-11-7)12-5(2-10)8(13)9/h3-4H,2,10H2,1H3. The average molecular weight is 257 g/mol. The molecule has 0 unspecified atom stereocenters. The van der Waals surface area contributed by atoms with Crippen molar-refractivity contribution in [2.75, 3.05) is 7.11 Å². The second-order valence-corrected chi connectivity index (χ2v) is 3.46. The molecule has 2 aromatic rings. The summed E-state index contributed by atoms with van der Waals surface area (Å²) in [6.07, 6.45) is 3.40. The zero-order chi connectivity index (χ0) is 10.1. The quantitative estimate of drug-likeness (QED) is 0.870. The number of imidazole rings is 1. The molecule has 0 aliphatic rings. The second-order valence-electron chi connectivity index (χ2n) is 2.71. The summed E-state index contributed by atoms with van der Waals surface area (Å²) in [5, 5.41) is 0. The van der Waals surface area contributed by atoms with Crippen LogP contribution in [0.3, 0.4) is 0 Å². The molecule has 0 aliphatic carbocycles. The van der Waals surface area contributed by atoms with Crippen LogP contribution < -0.4 is 10.5 Å². The van der Waals surface area contributed by atoms with Crippen molar-refractivity contribution in [2.24, 2.45) is 5.73 Å². The van der Waals surface area contributed by atoms with Gasteiger partial charge in [-0.2, -0.15) is 0 Å². The van der Waals surface area contributed by atoms with Crippen LogP contribution in [0, 0.1) is 0 Å². The van der Waals surface area contributed by atoms with E-state index in [0.717, 1.165) is 15.9 Å². The number of halogens is 1. The number of methoxy groups -OCH3 is 1. The van der Waals surface area contributed by atoms with E-state index in [9.17, 15) is 0 Å². The molecule has 0 saturated heterocycles. The van der Waals surface area contributed by atoms with Crippen LogP contribution >= 0.6 is 15.9 Å². The maximum Gasteiger partial charge on any atom is 0.230 e. The van der Waals surface area contributed by atoms with Gasteiger partial charge in [-0.25, -0.2) is 9.97 Å². The fourth-order valence-corrected chi connectivity index (χ4v) is 1.73. The minimum absolute atomic E-state index is 0.393. The van der Waals surface area contributed by atoms with Gasteiger partial charge in [0.1, 0.15) is 4.60 Å². The summed E-state index contributed by atoms with van der Waals surface area (Å²) in [7, 11) is 1.57. The highest BCUT2D eigenvalue weighted by atomic mass is 79.9. The summed E-state index contributed by atoms with van der Waals surface area (Å²) in [5.41, 5.74) is 7.08. The van der Waals surface area contributed by atoms with Crippen molar-refractivity contribution in [3.05, 3.63) is 22.7 Å². The van der Waals surface area contributed by atoms with Gasteiger partial charge in [-0.1, -0.05) is 0 Å². The van der Waals surface area contributed by atoms with Crippen molar-refractivity contribution >= 4 is 21.6 Å². The van der Waals surface area contributed by atoms with E-state index >= 15 is 0 Å². The lowest BCUT2D eigenvalue weighted by Gasteiger charge is -1.99. The second kappa shape index (κ2) is 3.55. The molecule has 2 heterocycles. The van der Waals surface area contributed by atoms with Gasteiger partial charge in [0.15, 0.2) is 5.65 Å². The Morgan fingerprint density at radius 2 is 2.43 bits per heavy atom. The molecule has 0 radical (unpaired) electrons. The predicted octanol–water partition coefficient (Wildman–Crippen LogP) is 0.959. The van der Waals surface area contributed by atoms with Crippen LogP contribution in [0.1, 0.15) is 5.69 Å². The number of nitrogens with two attached hydrogens (primary N) is 1. The Morgan fingerprint density at radius 3 is 3.07 bits per heavy atom. The van der Waals surface area contributed by atoms with Gasteiger partial charge in [0, 0.05) is 6.54 Å². The van der Waals surface area contributed by atoms with Gasteiger partial charge in [0.05, 0.1) is 25.2 Å². The van der Waals surface area contributed by atoms with Gasteiger partial charge in [-0.3, -0.25) is 4.40 Å². The van der Waals surface area contributed by atoms with E-state index in [1.165, 1.54) is 0 Å². The first kappa shape index (κ1) is 9.42. The van der Waals surface area contributed by atoms with Crippen molar-refractivity contribution in [2.45, 2.75) is 6.54 Å². The van der Waals surface area contributed by atoms with Gasteiger partial charge in [0.2, 0.25) is 5.88 Å². The highest BCUT2D eigenvalue weighted by Gasteiger charge is 2.08. The molecule has 0 aromatic carbocycles. The van der Waals surface area contributed by atoms with Crippen LogP contribution in [0.15, 0.2) is 17.0 Å². The molecule has 0 fully saturated rings. The number of hydrogen-bond acceptors (Lipinski definition) is 4. The molecule has 0 amide bonds. The fraction of sp³-hybridized carbons (Fsp3) is 0.250. The van der Waals surface area contributed by atoms with Crippen LogP contribution in [0.5, 0.6) is 5.88 Å². The average Bonchev–Trinajstić information content (AvgIpc) is 2.55. The molecular weight excluding hydrogens is 248 g/mol. The maximum absolute atomic E-state index is 5.53. The van der Waals surface area contributed by atoms with E-state index in [1.54, 1.807) is 19.5 Å². The molecule has 74 valence electrons. The van der Waals surface area contributed by atoms with E-state index in [-0.39, 0.29) is 0 Å². The lowest BCUT2D eigenvalue weighted by Crippen LogP contribution is -1.97. The van der Waals surface area contributed by atoms with Gasteiger partial charge in [-0.15, -0.1) is 0 Å². The molecule has 0 saturated carbocycles. The van der Waals surface area contributed by atoms with Crippen molar-refractivity contribution in [1.29, 1.82) is 0 Å². The van der Waals surface area contributed by atoms with Crippen LogP contribution in [0.25, 0.3) is 5.65 Å². The molecule has 2 aromatic heterocycles. The Labute approximate surface area is 89.0 Å². The Morgan fingerprint density at radius 1 is 1.64 bits per heavy atom. The Bertz CT molecular complexity index is 468. The van der Waals surface area contributed by atoms with E-state index in [1.807, 2.05) is 4.40 Å². The normalized spacial score (nSPS) is 10.8. The lowest BCUT2D eigenvalue weighted by atomic mass is 10.5. The van der Waals surface area contributed by atoms with Crippen molar-refractivity contribution < 1.29 is 4.74 Å². The zero-order valence-corrected chi connectivity index (χ0v) is 9.15. The molecule has 2 N–H and O–H groups in total. The summed E-state index contributed by atoms with van der Waals surface area (Å²) >= 11 is 3.41. The van der Waals surface area contributed by atoms with Gasteiger partial charge in [-0.05, 0) is 15.9 Å². The molecule has 0 bridgehead atoms. The van der Waals surface area contributed by atoms with Crippen LogP contribution in [0.2, 0.25) is 0 Å². The van der Waals surface area contributed by atoms with E-state index in [2.05, 4.69) is 25.9 Å². The van der Waals surface area contributed by atoms with Gasteiger partial charge in [0.25, 0.3) is 0 Å². The Hall–Kier alpha value is -1.14. The Balaban J connectivity index is 2.68. The zero-order valence-electron chi connectivity index (χ0n) is 7.57. The molecule has 5 nitrogen and oxygen atoms in total. The predicted molar refractivity (Wildman–Crippen MR) is 55.1 cm³/mol. The van der Waals surface area contributed by atoms with Crippen molar-refractivity contribution in [1.82, 2.24) is 14.4 Å². The highest BCUT2D eigenvalue weighted by Crippen LogP contribution is 2.19. The molecule has 14 heavy (non-hydrogen) atoms. The summed E-state index contributed by atoms with van der Waals surface area (Å²) < 4.78 is 7.69. The number of nitrogens with zero attached hydrogens (tertiary/aromatic N) is 3. The van der Waals surface area contributed by atoms with Crippen molar-refractivity contribution in [3.63, 3.8) is 0 Å². The largest absolute Gasteiger partial charge is 0.480 e. The first-order valence-corrected chi connectivity index (χ1v) is 4.82.